The molecule has 0 saturated heterocycles. The first-order valence-corrected chi connectivity index (χ1v) is 9.46. The Morgan fingerprint density at radius 2 is 1.37 bits per heavy atom. The van der Waals surface area contributed by atoms with Crippen LogP contribution in [-0.4, -0.2) is 14.7 Å². The van der Waals surface area contributed by atoms with Gasteiger partial charge in [0.15, 0.2) is 9.84 Å². The highest BCUT2D eigenvalue weighted by Crippen LogP contribution is 2.45. The van der Waals surface area contributed by atoms with E-state index in [9.17, 15) is 8.42 Å². The third-order valence-corrected chi connectivity index (χ3v) is 6.95. The zero-order chi connectivity index (χ0) is 15.2. The molecule has 0 radical (unpaired) electrons. The normalized spacial score (nSPS) is 13.7. The van der Waals surface area contributed by atoms with Crippen molar-refractivity contribution >= 4 is 41.7 Å². The molecular formula is C14H20Br2O2S. The summed E-state index contributed by atoms with van der Waals surface area (Å²) in [6.07, 6.45) is 1.25. The van der Waals surface area contributed by atoms with Crippen molar-refractivity contribution in [3.05, 3.63) is 26.6 Å². The molecule has 0 aliphatic heterocycles. The number of halogens is 2. The summed E-state index contributed by atoms with van der Waals surface area (Å²) < 4.78 is 25.7. The Balaban J connectivity index is 3.74. The predicted molar refractivity (Wildman–Crippen MR) is 87.4 cm³/mol. The van der Waals surface area contributed by atoms with Crippen LogP contribution in [0.4, 0.5) is 0 Å². The quantitative estimate of drug-likeness (QED) is 0.690. The van der Waals surface area contributed by atoms with Gasteiger partial charge in [0.25, 0.3) is 0 Å². The van der Waals surface area contributed by atoms with E-state index in [0.29, 0.717) is 4.90 Å². The minimum Gasteiger partial charge on any atom is -0.224 e. The molecule has 0 amide bonds. The van der Waals surface area contributed by atoms with Crippen LogP contribution in [0.15, 0.2) is 26.0 Å². The van der Waals surface area contributed by atoms with Gasteiger partial charge in [-0.1, -0.05) is 34.6 Å². The van der Waals surface area contributed by atoms with Crippen LogP contribution in [0.5, 0.6) is 0 Å². The summed E-state index contributed by atoms with van der Waals surface area (Å²) in [4.78, 5) is 0.391. The largest absolute Gasteiger partial charge is 0.224 e. The van der Waals surface area contributed by atoms with E-state index in [1.165, 1.54) is 6.26 Å². The van der Waals surface area contributed by atoms with Crippen LogP contribution in [0.1, 0.15) is 40.2 Å². The SMILES string of the molecule is CC(C)(C)C(C)(C)c1cc(Br)c(Br)cc1S(C)(=O)=O. The number of sulfone groups is 1. The van der Waals surface area contributed by atoms with Crippen molar-refractivity contribution in [1.29, 1.82) is 0 Å². The Morgan fingerprint density at radius 1 is 0.947 bits per heavy atom. The number of benzene rings is 1. The molecule has 1 rings (SSSR count). The fourth-order valence-corrected chi connectivity index (χ4v) is 3.61. The van der Waals surface area contributed by atoms with E-state index >= 15 is 0 Å². The maximum atomic E-state index is 12.1. The lowest BCUT2D eigenvalue weighted by molar-refractivity contribution is 0.221. The smallest absolute Gasteiger partial charge is 0.175 e. The zero-order valence-electron chi connectivity index (χ0n) is 12.1. The second-order valence-electron chi connectivity index (χ2n) is 6.41. The van der Waals surface area contributed by atoms with E-state index in [2.05, 4.69) is 66.5 Å². The summed E-state index contributed by atoms with van der Waals surface area (Å²) in [5.41, 5.74) is 0.520. The summed E-state index contributed by atoms with van der Waals surface area (Å²) in [5, 5.41) is 0. The molecule has 0 bridgehead atoms. The van der Waals surface area contributed by atoms with Crippen LogP contribution in [-0.2, 0) is 15.3 Å². The minimum absolute atomic E-state index is 0.0558. The van der Waals surface area contributed by atoms with Gasteiger partial charge in [-0.25, -0.2) is 8.42 Å². The number of hydrogen-bond donors (Lipinski definition) is 0. The van der Waals surface area contributed by atoms with Gasteiger partial charge in [-0.05, 0) is 60.4 Å². The molecule has 1 aromatic carbocycles. The highest BCUT2D eigenvalue weighted by Gasteiger charge is 2.38. The highest BCUT2D eigenvalue weighted by atomic mass is 79.9. The molecule has 0 spiro atoms. The highest BCUT2D eigenvalue weighted by molar-refractivity contribution is 9.13. The lowest BCUT2D eigenvalue weighted by Gasteiger charge is -2.40. The van der Waals surface area contributed by atoms with Crippen molar-refractivity contribution in [2.24, 2.45) is 5.41 Å². The second kappa shape index (κ2) is 5.15. The molecular weight excluding hydrogens is 392 g/mol. The van der Waals surface area contributed by atoms with Crippen LogP contribution < -0.4 is 0 Å². The number of hydrogen-bond acceptors (Lipinski definition) is 2. The molecule has 0 aliphatic rings. The summed E-state index contributed by atoms with van der Waals surface area (Å²) in [7, 11) is -3.27. The van der Waals surface area contributed by atoms with Crippen molar-refractivity contribution in [3.8, 4) is 0 Å². The molecule has 5 heteroatoms. The Labute approximate surface area is 133 Å². The fraction of sp³-hybridized carbons (Fsp3) is 0.571. The molecule has 0 fully saturated rings. The third kappa shape index (κ3) is 3.42. The Kier molecular flexibility index (Phi) is 4.66. The molecule has 2 nitrogen and oxygen atoms in total. The van der Waals surface area contributed by atoms with Crippen LogP contribution in [0, 0.1) is 5.41 Å². The lowest BCUT2D eigenvalue weighted by atomic mass is 9.65. The van der Waals surface area contributed by atoms with Crippen molar-refractivity contribution in [3.63, 3.8) is 0 Å². The monoisotopic (exact) mass is 410 g/mol. The topological polar surface area (TPSA) is 34.1 Å². The summed E-state index contributed by atoms with van der Waals surface area (Å²) in [6, 6.07) is 3.59. The molecule has 0 atom stereocenters. The first kappa shape index (κ1) is 17.2. The van der Waals surface area contributed by atoms with E-state index in [1.54, 1.807) is 6.07 Å². The molecule has 108 valence electrons. The van der Waals surface area contributed by atoms with Crippen molar-refractivity contribution in [2.45, 2.75) is 44.9 Å². The molecule has 0 aromatic heterocycles. The molecule has 0 heterocycles. The second-order valence-corrected chi connectivity index (χ2v) is 10.1. The molecule has 0 N–H and O–H groups in total. The molecule has 19 heavy (non-hydrogen) atoms. The van der Waals surface area contributed by atoms with E-state index in [1.807, 2.05) is 6.07 Å². The fourth-order valence-electron chi connectivity index (χ4n) is 1.73. The van der Waals surface area contributed by atoms with Crippen LogP contribution >= 0.6 is 31.9 Å². The van der Waals surface area contributed by atoms with Crippen LogP contribution in [0.3, 0.4) is 0 Å². The first-order valence-electron chi connectivity index (χ1n) is 5.98. The Hall–Kier alpha value is 0.130. The predicted octanol–water partition coefficient (Wildman–Crippen LogP) is 4.94. The summed E-state index contributed by atoms with van der Waals surface area (Å²) >= 11 is 6.84. The van der Waals surface area contributed by atoms with E-state index < -0.39 is 9.84 Å². The van der Waals surface area contributed by atoms with E-state index in [4.69, 9.17) is 0 Å². The third-order valence-electron chi connectivity index (χ3n) is 3.97. The van der Waals surface area contributed by atoms with Crippen LogP contribution in [0.25, 0.3) is 0 Å². The van der Waals surface area contributed by atoms with Gasteiger partial charge in [-0.2, -0.15) is 0 Å². The standard InChI is InChI=1S/C14H20Br2O2S/c1-13(2,3)14(4,5)9-7-10(15)11(16)8-12(9)19(6,17)18/h7-8H,1-6H3. The van der Waals surface area contributed by atoms with Gasteiger partial charge < -0.3 is 0 Å². The van der Waals surface area contributed by atoms with Crippen molar-refractivity contribution in [1.82, 2.24) is 0 Å². The number of rotatable bonds is 2. The average molecular weight is 412 g/mol. The van der Waals surface area contributed by atoms with Crippen molar-refractivity contribution in [2.75, 3.05) is 6.26 Å². The van der Waals surface area contributed by atoms with Gasteiger partial charge in [0, 0.05) is 15.2 Å². The van der Waals surface area contributed by atoms with E-state index in [0.717, 1.165) is 14.5 Å². The molecule has 1 aromatic rings. The molecule has 0 unspecified atom stereocenters. The molecule has 0 saturated carbocycles. The van der Waals surface area contributed by atoms with Gasteiger partial charge >= 0.3 is 0 Å². The average Bonchev–Trinajstić information content (AvgIpc) is 2.17. The van der Waals surface area contributed by atoms with Crippen LogP contribution in [0.2, 0.25) is 0 Å². The van der Waals surface area contributed by atoms with Crippen molar-refractivity contribution < 1.29 is 8.42 Å². The minimum atomic E-state index is -3.27. The molecule has 0 aliphatic carbocycles. The van der Waals surface area contributed by atoms with Gasteiger partial charge in [-0.15, -0.1) is 0 Å². The lowest BCUT2D eigenvalue weighted by Crippen LogP contribution is -2.35. The van der Waals surface area contributed by atoms with Gasteiger partial charge in [-0.3, -0.25) is 0 Å². The van der Waals surface area contributed by atoms with E-state index in [-0.39, 0.29) is 10.8 Å². The van der Waals surface area contributed by atoms with Gasteiger partial charge in [0.05, 0.1) is 4.90 Å². The Morgan fingerprint density at radius 3 is 1.74 bits per heavy atom. The Bertz CT molecular complexity index is 597. The summed E-state index contributed by atoms with van der Waals surface area (Å²) in [5.74, 6) is 0. The maximum Gasteiger partial charge on any atom is 0.175 e. The summed E-state index contributed by atoms with van der Waals surface area (Å²) in [6.45, 7) is 10.5. The first-order chi connectivity index (χ1) is 8.28. The van der Waals surface area contributed by atoms with Gasteiger partial charge in [0.2, 0.25) is 0 Å². The zero-order valence-corrected chi connectivity index (χ0v) is 16.1. The maximum absolute atomic E-state index is 12.1. The van der Waals surface area contributed by atoms with Gasteiger partial charge in [0.1, 0.15) is 0 Å².